The molecule has 1 fully saturated rings. The van der Waals surface area contributed by atoms with Gasteiger partial charge in [0.15, 0.2) is 0 Å². The Bertz CT molecular complexity index is 2070. The molecular formula is C40H37N5O3. The summed E-state index contributed by atoms with van der Waals surface area (Å²) < 4.78 is 13.8. The van der Waals surface area contributed by atoms with Crippen molar-refractivity contribution in [2.24, 2.45) is 0 Å². The fourth-order valence-corrected chi connectivity index (χ4v) is 6.62. The lowest BCUT2D eigenvalue weighted by molar-refractivity contribution is 0.102. The monoisotopic (exact) mass is 635 g/mol. The van der Waals surface area contributed by atoms with Gasteiger partial charge in [-0.1, -0.05) is 42.5 Å². The molecule has 0 aliphatic carbocycles. The molecule has 2 aliphatic rings. The Labute approximate surface area is 280 Å². The lowest BCUT2D eigenvalue weighted by atomic mass is 10.0. The Morgan fingerprint density at radius 3 is 2.48 bits per heavy atom. The molecule has 0 unspecified atom stereocenters. The highest BCUT2D eigenvalue weighted by molar-refractivity contribution is 6.13. The molecule has 1 amide bonds. The minimum absolute atomic E-state index is 0.133. The van der Waals surface area contributed by atoms with Gasteiger partial charge in [0.25, 0.3) is 5.91 Å². The predicted octanol–water partition coefficient (Wildman–Crippen LogP) is 7.71. The van der Waals surface area contributed by atoms with Gasteiger partial charge in [0.05, 0.1) is 54.2 Å². The normalized spacial score (nSPS) is 14.1. The maximum atomic E-state index is 13.4. The quantitative estimate of drug-likeness (QED) is 0.169. The molecule has 8 nitrogen and oxygen atoms in total. The third-order valence-corrected chi connectivity index (χ3v) is 9.22. The summed E-state index contributed by atoms with van der Waals surface area (Å²) in [6.45, 7) is 4.74. The van der Waals surface area contributed by atoms with Crippen LogP contribution in [0.1, 0.15) is 21.5 Å². The van der Waals surface area contributed by atoms with Crippen molar-refractivity contribution in [2.75, 3.05) is 48.4 Å². The van der Waals surface area contributed by atoms with Crippen molar-refractivity contribution < 1.29 is 14.3 Å². The Kier molecular flexibility index (Phi) is 8.22. The lowest BCUT2D eigenvalue weighted by Crippen LogP contribution is -2.36. The van der Waals surface area contributed by atoms with E-state index in [0.29, 0.717) is 18.6 Å². The number of amides is 1. The van der Waals surface area contributed by atoms with Gasteiger partial charge in [-0.05, 0) is 77.7 Å². The number of anilines is 4. The van der Waals surface area contributed by atoms with Gasteiger partial charge < -0.3 is 29.6 Å². The van der Waals surface area contributed by atoms with Crippen LogP contribution in [-0.4, -0.2) is 48.4 Å². The van der Waals surface area contributed by atoms with Gasteiger partial charge in [-0.3, -0.25) is 9.78 Å². The van der Waals surface area contributed by atoms with Crippen molar-refractivity contribution in [1.29, 1.82) is 0 Å². The first-order valence-electron chi connectivity index (χ1n) is 16.6. The summed E-state index contributed by atoms with van der Waals surface area (Å²) in [7, 11) is 0. The number of fused-ring (bicyclic) bond motifs is 3. The Morgan fingerprint density at radius 2 is 1.62 bits per heavy atom. The van der Waals surface area contributed by atoms with E-state index in [0.717, 1.165) is 89.7 Å². The first-order chi connectivity index (χ1) is 23.7. The molecule has 0 atom stereocenters. The van der Waals surface area contributed by atoms with Crippen LogP contribution in [-0.2, 0) is 24.1 Å². The van der Waals surface area contributed by atoms with Gasteiger partial charge in [-0.25, -0.2) is 0 Å². The number of morpholine rings is 1. The number of carbonyl (C=O) groups is 1. The van der Waals surface area contributed by atoms with E-state index >= 15 is 0 Å². The maximum absolute atomic E-state index is 13.4. The molecule has 1 saturated heterocycles. The molecule has 4 aromatic carbocycles. The third-order valence-electron chi connectivity index (χ3n) is 9.22. The summed E-state index contributed by atoms with van der Waals surface area (Å²) in [6, 6.07) is 33.0. The standard InChI is InChI=1S/C40H37N5O3/c46-40-34-12-7-30(35-27-45(39-26-41-17-14-33(35)39)18-15-28-4-2-1-3-5-28)25-37(34)42-36-13-6-29(24-38(36)43-40)16-21-48-32-10-8-31(9-11-32)44-19-22-47-23-20-44/h1-14,17,24-27,42H,15-16,18-23H2,(H,43,46). The summed E-state index contributed by atoms with van der Waals surface area (Å²) in [5.41, 5.74) is 9.82. The molecule has 2 aliphatic heterocycles. The number of pyridine rings is 1. The molecule has 8 heteroatoms. The Morgan fingerprint density at radius 1 is 0.771 bits per heavy atom. The molecule has 4 heterocycles. The minimum Gasteiger partial charge on any atom is -0.493 e. The highest BCUT2D eigenvalue weighted by Crippen LogP contribution is 2.37. The molecule has 0 radical (unpaired) electrons. The fourth-order valence-electron chi connectivity index (χ4n) is 6.62. The van der Waals surface area contributed by atoms with E-state index in [4.69, 9.17) is 9.47 Å². The van der Waals surface area contributed by atoms with Crippen LogP contribution in [0.5, 0.6) is 5.75 Å². The van der Waals surface area contributed by atoms with Crippen LogP contribution in [0.15, 0.2) is 116 Å². The molecular weight excluding hydrogens is 598 g/mol. The minimum atomic E-state index is -0.133. The van der Waals surface area contributed by atoms with Gasteiger partial charge in [0.2, 0.25) is 0 Å². The predicted molar refractivity (Wildman–Crippen MR) is 192 cm³/mol. The number of benzene rings is 4. The third kappa shape index (κ3) is 6.22. The molecule has 240 valence electrons. The first kappa shape index (κ1) is 29.8. The second kappa shape index (κ2) is 13.3. The largest absolute Gasteiger partial charge is 0.493 e. The molecule has 2 aromatic heterocycles. The SMILES string of the molecule is O=C1Nc2cc(CCOc3ccc(N4CCOCC4)cc3)ccc2Nc2cc(-c3cn(CCc4ccccc4)c4cnccc34)ccc21. The lowest BCUT2D eigenvalue weighted by Gasteiger charge is -2.28. The van der Waals surface area contributed by atoms with Gasteiger partial charge in [0.1, 0.15) is 5.75 Å². The number of rotatable bonds is 9. The number of hydrogen-bond donors (Lipinski definition) is 2. The fraction of sp³-hybridized carbons (Fsp3) is 0.200. The van der Waals surface area contributed by atoms with E-state index in [1.807, 2.05) is 54.9 Å². The molecule has 8 rings (SSSR count). The first-order valence-corrected chi connectivity index (χ1v) is 16.6. The van der Waals surface area contributed by atoms with E-state index in [2.05, 4.69) is 85.9 Å². The second-order valence-corrected chi connectivity index (χ2v) is 12.3. The van der Waals surface area contributed by atoms with Gasteiger partial charge in [-0.15, -0.1) is 0 Å². The zero-order valence-electron chi connectivity index (χ0n) is 26.7. The van der Waals surface area contributed by atoms with Crippen molar-refractivity contribution in [3.8, 4) is 16.9 Å². The summed E-state index contributed by atoms with van der Waals surface area (Å²) in [4.78, 5) is 20.1. The summed E-state index contributed by atoms with van der Waals surface area (Å²) >= 11 is 0. The van der Waals surface area contributed by atoms with E-state index in [1.54, 1.807) is 0 Å². The summed E-state index contributed by atoms with van der Waals surface area (Å²) in [6.07, 6.45) is 7.62. The zero-order chi connectivity index (χ0) is 32.3. The van der Waals surface area contributed by atoms with Crippen LogP contribution in [0.4, 0.5) is 22.7 Å². The molecule has 0 bridgehead atoms. The van der Waals surface area contributed by atoms with Crippen LogP contribution in [0, 0.1) is 0 Å². The highest BCUT2D eigenvalue weighted by Gasteiger charge is 2.21. The van der Waals surface area contributed by atoms with E-state index in [1.165, 1.54) is 11.3 Å². The average Bonchev–Trinajstić information content (AvgIpc) is 3.44. The number of ether oxygens (including phenoxy) is 2. The van der Waals surface area contributed by atoms with Crippen molar-refractivity contribution in [1.82, 2.24) is 9.55 Å². The number of carbonyl (C=O) groups excluding carboxylic acids is 1. The van der Waals surface area contributed by atoms with Gasteiger partial charge in [-0.2, -0.15) is 0 Å². The summed E-state index contributed by atoms with van der Waals surface area (Å²) in [5.74, 6) is 0.713. The van der Waals surface area contributed by atoms with Gasteiger partial charge >= 0.3 is 0 Å². The van der Waals surface area contributed by atoms with Gasteiger partial charge in [0, 0.05) is 55.1 Å². The number of aryl methyl sites for hydroxylation is 2. The second-order valence-electron chi connectivity index (χ2n) is 12.3. The highest BCUT2D eigenvalue weighted by atomic mass is 16.5. The maximum Gasteiger partial charge on any atom is 0.257 e. The number of aromatic nitrogens is 2. The van der Waals surface area contributed by atoms with Crippen molar-refractivity contribution in [3.63, 3.8) is 0 Å². The molecule has 48 heavy (non-hydrogen) atoms. The van der Waals surface area contributed by atoms with E-state index in [9.17, 15) is 4.79 Å². The van der Waals surface area contributed by atoms with Crippen LogP contribution >= 0.6 is 0 Å². The molecule has 0 saturated carbocycles. The van der Waals surface area contributed by atoms with Crippen molar-refractivity contribution in [3.05, 3.63) is 132 Å². The van der Waals surface area contributed by atoms with Crippen LogP contribution in [0.2, 0.25) is 0 Å². The zero-order valence-corrected chi connectivity index (χ0v) is 26.7. The Hall–Kier alpha value is -5.60. The smallest absolute Gasteiger partial charge is 0.257 e. The average molecular weight is 636 g/mol. The van der Waals surface area contributed by atoms with Crippen LogP contribution < -0.4 is 20.3 Å². The van der Waals surface area contributed by atoms with Crippen LogP contribution in [0.3, 0.4) is 0 Å². The number of hydrogen-bond acceptors (Lipinski definition) is 6. The molecule has 6 aromatic rings. The molecule has 2 N–H and O–H groups in total. The van der Waals surface area contributed by atoms with E-state index < -0.39 is 0 Å². The van der Waals surface area contributed by atoms with Crippen molar-refractivity contribution in [2.45, 2.75) is 19.4 Å². The topological polar surface area (TPSA) is 80.6 Å². The summed E-state index contributed by atoms with van der Waals surface area (Å²) in [5, 5.41) is 7.80. The number of nitrogens with zero attached hydrogens (tertiary/aromatic N) is 3. The van der Waals surface area contributed by atoms with E-state index in [-0.39, 0.29) is 5.91 Å². The number of nitrogens with one attached hydrogen (secondary N) is 2. The van der Waals surface area contributed by atoms with Crippen molar-refractivity contribution >= 4 is 39.6 Å². The van der Waals surface area contributed by atoms with Crippen LogP contribution in [0.25, 0.3) is 22.0 Å². The molecule has 0 spiro atoms. The Balaban J connectivity index is 0.971.